The Kier molecular flexibility index (Phi) is 11.6. The fourth-order valence-electron chi connectivity index (χ4n) is 7.25. The summed E-state index contributed by atoms with van der Waals surface area (Å²) in [5.41, 5.74) is 6.33. The summed E-state index contributed by atoms with van der Waals surface area (Å²) in [4.78, 5) is 13.8. The maximum absolute atomic E-state index is 13.1. The predicted octanol–water partition coefficient (Wildman–Crippen LogP) is 8.36. The second kappa shape index (κ2) is 14.9. The molecule has 0 spiro atoms. The van der Waals surface area contributed by atoms with Crippen LogP contribution in [-0.4, -0.2) is 45.1 Å². The molecule has 0 bridgehead atoms. The lowest BCUT2D eigenvalue weighted by molar-refractivity contribution is -0.116. The van der Waals surface area contributed by atoms with Gasteiger partial charge in [-0.1, -0.05) is 56.5 Å². The van der Waals surface area contributed by atoms with E-state index in [-0.39, 0.29) is 29.0 Å². The van der Waals surface area contributed by atoms with Gasteiger partial charge in [-0.15, -0.1) is 12.0 Å². The quantitative estimate of drug-likeness (QED) is 0.119. The lowest BCUT2D eigenvalue weighted by Crippen LogP contribution is -2.43. The van der Waals surface area contributed by atoms with Crippen LogP contribution in [-0.2, 0) is 11.2 Å². The number of aromatic nitrogens is 2. The average molecular weight is 733 g/mol. The molecule has 0 radical (unpaired) electrons. The highest BCUT2D eigenvalue weighted by molar-refractivity contribution is 6.83. The van der Waals surface area contributed by atoms with E-state index in [1.165, 1.54) is 24.3 Å². The minimum atomic E-state index is -1.48. The molecule has 7 rings (SSSR count). The fraction of sp³-hybridized carbons (Fsp3) is 0.400. The number of rotatable bonds is 2. The van der Waals surface area contributed by atoms with Crippen molar-refractivity contribution < 1.29 is 23.8 Å². The lowest BCUT2D eigenvalue weighted by atomic mass is 9.67. The van der Waals surface area contributed by atoms with Crippen LogP contribution >= 0.6 is 11.8 Å². The van der Waals surface area contributed by atoms with E-state index in [9.17, 15) is 23.8 Å². The summed E-state index contributed by atoms with van der Waals surface area (Å²) >= 11 is 5.21. The molecule has 4 aliphatic carbocycles. The van der Waals surface area contributed by atoms with E-state index in [0.29, 0.717) is 31.4 Å². The normalized spacial score (nSPS) is 27.1. The molecule has 0 unspecified atom stereocenters. The lowest BCUT2D eigenvalue weighted by Gasteiger charge is -2.39. The maximum Gasteiger partial charge on any atom is 0.155 e. The van der Waals surface area contributed by atoms with Crippen molar-refractivity contribution in [2.24, 2.45) is 10.8 Å². The topological polar surface area (TPSA) is 122 Å². The Bertz CT molecular complexity index is 1940. The third-order valence-corrected chi connectivity index (χ3v) is 11.7. The number of anilines is 1. The van der Waals surface area contributed by atoms with Crippen molar-refractivity contribution in [3.8, 4) is 29.5 Å². The highest BCUT2D eigenvalue weighted by atomic mass is 35.5. The number of allylic oxidation sites excluding steroid dienone is 1. The molecule has 3 aromatic rings. The zero-order valence-electron chi connectivity index (χ0n) is 29.9. The van der Waals surface area contributed by atoms with Crippen LogP contribution in [0, 0.1) is 46.3 Å². The Hall–Kier alpha value is -4.03. The third kappa shape index (κ3) is 7.91. The second-order valence-corrected chi connectivity index (χ2v) is 20.0. The van der Waals surface area contributed by atoms with Gasteiger partial charge in [-0.2, -0.15) is 5.10 Å². The van der Waals surface area contributed by atoms with E-state index in [0.717, 1.165) is 47.4 Å². The van der Waals surface area contributed by atoms with Crippen molar-refractivity contribution in [1.82, 2.24) is 15.9 Å². The predicted molar refractivity (Wildman–Crippen MR) is 203 cm³/mol. The Balaban J connectivity index is 0.000000186. The van der Waals surface area contributed by atoms with Gasteiger partial charge in [-0.25, -0.2) is 13.5 Å². The molecule has 51 heavy (non-hydrogen) atoms. The van der Waals surface area contributed by atoms with Crippen LogP contribution in [0.1, 0.15) is 63.6 Å². The molecule has 2 saturated carbocycles. The van der Waals surface area contributed by atoms with Gasteiger partial charge in [0.05, 0.1) is 17.6 Å². The first-order valence-electron chi connectivity index (χ1n) is 16.8. The first kappa shape index (κ1) is 39.7. The minimum Gasteiger partial charge on any atom is -0.377 e. The van der Waals surface area contributed by atoms with Crippen molar-refractivity contribution in [1.29, 1.82) is 0 Å². The van der Waals surface area contributed by atoms with E-state index >= 15 is 0 Å². The molecule has 4 atom stereocenters. The van der Waals surface area contributed by atoms with Crippen LogP contribution in [0.15, 0.2) is 72.0 Å². The second-order valence-electron chi connectivity index (χ2n) is 15.1. The van der Waals surface area contributed by atoms with Crippen molar-refractivity contribution in [3.05, 3.63) is 94.8 Å². The molecule has 270 valence electrons. The molecule has 0 amide bonds. The zero-order valence-corrected chi connectivity index (χ0v) is 31.7. The fourth-order valence-corrected chi connectivity index (χ4v) is 7.95. The highest BCUT2D eigenvalue weighted by Crippen LogP contribution is 2.56. The number of nitrogens with one attached hydrogen (secondary N) is 1. The molecule has 6 N–H and O–H groups in total. The van der Waals surface area contributed by atoms with Gasteiger partial charge in [0.25, 0.3) is 0 Å². The Morgan fingerprint density at radius 2 is 1.45 bits per heavy atom. The average Bonchev–Trinajstić information content (AvgIpc) is 3.69. The molecule has 2 aromatic carbocycles. The number of benzene rings is 2. The summed E-state index contributed by atoms with van der Waals surface area (Å²) in [6, 6.07) is 12.1. The van der Waals surface area contributed by atoms with Gasteiger partial charge in [-0.05, 0) is 105 Å². The molecule has 4 aliphatic rings. The van der Waals surface area contributed by atoms with Gasteiger partial charge in [0.15, 0.2) is 5.78 Å². The molecule has 0 saturated heterocycles. The molecule has 2 fully saturated rings. The van der Waals surface area contributed by atoms with Gasteiger partial charge in [-0.3, -0.25) is 9.63 Å². The molecular formula is C40H47ClF2N4O3Si. The van der Waals surface area contributed by atoms with E-state index in [2.05, 4.69) is 60.0 Å². The number of hydrogen-bond donors (Lipinski definition) is 4. The van der Waals surface area contributed by atoms with Gasteiger partial charge in [0.1, 0.15) is 30.9 Å². The number of aliphatic hydroxyl groups is 2. The van der Waals surface area contributed by atoms with Crippen molar-refractivity contribution in [3.63, 3.8) is 0 Å². The number of ketones is 1. The van der Waals surface area contributed by atoms with Crippen LogP contribution in [0.4, 0.5) is 14.5 Å². The number of halogens is 3. The summed E-state index contributed by atoms with van der Waals surface area (Å²) in [7, 11) is -1.48. The maximum atomic E-state index is 13.1. The molecular weight excluding hydrogens is 686 g/mol. The summed E-state index contributed by atoms with van der Waals surface area (Å²) in [5, 5.41) is 26.1. The summed E-state index contributed by atoms with van der Waals surface area (Å²) in [5.74, 6) is 5.44. The number of hydrogen-bond acceptors (Lipinski definition) is 6. The summed E-state index contributed by atoms with van der Waals surface area (Å²) in [6.45, 7) is 10.6. The van der Waals surface area contributed by atoms with Crippen molar-refractivity contribution in [2.45, 2.75) is 89.6 Å². The van der Waals surface area contributed by atoms with E-state index < -0.39 is 24.7 Å². The van der Waals surface area contributed by atoms with Crippen molar-refractivity contribution in [2.75, 3.05) is 4.84 Å². The Labute approximate surface area is 305 Å². The number of fused-ring (bicyclic) bond motifs is 3. The smallest absolute Gasteiger partial charge is 0.155 e. The molecule has 7 nitrogen and oxygen atoms in total. The molecule has 11 heteroatoms. The van der Waals surface area contributed by atoms with Crippen molar-refractivity contribution >= 4 is 37.4 Å². The largest absolute Gasteiger partial charge is 0.377 e. The van der Waals surface area contributed by atoms with E-state index in [4.69, 9.17) is 18.2 Å². The van der Waals surface area contributed by atoms with Gasteiger partial charge in [0, 0.05) is 34.7 Å². The zero-order chi connectivity index (χ0) is 36.5. The van der Waals surface area contributed by atoms with Gasteiger partial charge >= 0.3 is 0 Å². The van der Waals surface area contributed by atoms with Crippen LogP contribution < -0.4 is 11.0 Å². The van der Waals surface area contributed by atoms with Crippen LogP contribution in [0.5, 0.6) is 0 Å². The van der Waals surface area contributed by atoms with Gasteiger partial charge in [0.2, 0.25) is 0 Å². The minimum absolute atomic E-state index is 0. The van der Waals surface area contributed by atoms with Crippen LogP contribution in [0.25, 0.3) is 11.8 Å². The SMILES string of the molecule is C#C[C@]1(O)CCC2=Cc3c(cnn3-c3ccc(F)cc3)C[C@@]21C.C[C@]12CCC(=O)C=C1CC[C@@]2(O)C#C[Si](C)(C)C.Fc1ccc(NCl)cc1.N. The molecule has 0 aliphatic heterocycles. The molecule has 1 heterocycles. The number of carbonyl (C=O) groups is 1. The van der Waals surface area contributed by atoms with Gasteiger partial charge < -0.3 is 16.4 Å². The summed E-state index contributed by atoms with van der Waals surface area (Å²) in [6.07, 6.45) is 16.0. The highest BCUT2D eigenvalue weighted by Gasteiger charge is 2.55. The van der Waals surface area contributed by atoms with Crippen LogP contribution in [0.2, 0.25) is 19.6 Å². The first-order chi connectivity index (χ1) is 23.5. The summed E-state index contributed by atoms with van der Waals surface area (Å²) < 4.78 is 27.1. The third-order valence-electron chi connectivity index (χ3n) is 10.6. The van der Waals surface area contributed by atoms with Crippen LogP contribution in [0.3, 0.4) is 0 Å². The first-order valence-corrected chi connectivity index (χ1v) is 20.7. The monoisotopic (exact) mass is 732 g/mol. The van der Waals surface area contributed by atoms with E-state index in [1.807, 2.05) is 17.8 Å². The number of carbonyl (C=O) groups excluding carboxylic acids is 1. The molecule has 1 aromatic heterocycles. The Morgan fingerprint density at radius 1 is 0.882 bits per heavy atom. The Morgan fingerprint density at radius 3 is 2.02 bits per heavy atom. The number of terminal acetylenes is 1. The number of nitrogens with zero attached hydrogens (tertiary/aromatic N) is 2. The standard InChI is InChI=1S/C19H17FN2O.C15H22O2Si.C6H5ClFN.H3N/c1-3-19(23)9-8-14-10-17-13(11-18(14,19)2)12-21-22(17)16-6-4-15(20)5-7-16;1-14-7-6-13(16)11-12(14)5-8-15(14,17)9-10-18(2,3)4;7-9-6-3-1-5(8)2-4-6;/h1,4-7,10,12,23H,8-9,11H2,2H3;11,17H,5-8H2,1-4H3;1-4,9H;1H3/t18-,19-;14-,15+;;/m00../s1. The van der Waals surface area contributed by atoms with E-state index in [1.54, 1.807) is 30.3 Å².